The minimum Gasteiger partial charge on any atom is -0.305 e. The van der Waals surface area contributed by atoms with Gasteiger partial charge >= 0.3 is 0 Å². The summed E-state index contributed by atoms with van der Waals surface area (Å²) in [6, 6.07) is 5.05. The molecule has 1 aromatic carbocycles. The third-order valence-electron chi connectivity index (χ3n) is 3.97. The van der Waals surface area contributed by atoms with E-state index in [-0.39, 0.29) is 5.78 Å². The number of fused-ring (bicyclic) bond motifs is 2. The lowest BCUT2D eigenvalue weighted by Gasteiger charge is -2.23. The molecule has 9 heteroatoms. The summed E-state index contributed by atoms with van der Waals surface area (Å²) in [5, 5.41) is 1.33. The molecule has 2 atom stereocenters. The van der Waals surface area contributed by atoms with E-state index in [4.69, 9.17) is 11.6 Å². The number of thioether (sulfide) groups is 1. The number of halogens is 1. The summed E-state index contributed by atoms with van der Waals surface area (Å²) >= 11 is 7.43. The zero-order valence-corrected chi connectivity index (χ0v) is 14.2. The molecule has 23 heavy (non-hydrogen) atoms. The Labute approximate surface area is 142 Å². The normalized spacial score (nSPS) is 25.5. The van der Waals surface area contributed by atoms with E-state index in [2.05, 4.69) is 9.71 Å². The molecule has 1 aliphatic carbocycles. The third-order valence-corrected chi connectivity index (χ3v) is 6.88. The summed E-state index contributed by atoms with van der Waals surface area (Å²) < 4.78 is 27.9. The van der Waals surface area contributed by atoms with E-state index < -0.39 is 20.9 Å². The molecule has 0 spiro atoms. The van der Waals surface area contributed by atoms with Gasteiger partial charge in [0.05, 0.1) is 0 Å². The minimum absolute atomic E-state index is 0.0432. The fourth-order valence-electron chi connectivity index (χ4n) is 2.90. The van der Waals surface area contributed by atoms with Crippen molar-refractivity contribution in [3.63, 3.8) is 0 Å². The maximum Gasteiger partial charge on any atom is 0.257 e. The number of amidine groups is 1. The number of carbonyl (C=O) groups is 1. The van der Waals surface area contributed by atoms with Crippen LogP contribution in [0, 0.1) is 0 Å². The van der Waals surface area contributed by atoms with Crippen molar-refractivity contribution < 1.29 is 13.2 Å². The van der Waals surface area contributed by atoms with Gasteiger partial charge in [-0.15, -0.1) is 0 Å². The van der Waals surface area contributed by atoms with Crippen molar-refractivity contribution in [1.29, 1.82) is 0 Å². The third kappa shape index (κ3) is 2.45. The number of nitrogens with zero attached hydrogens (tertiary/aromatic N) is 2. The highest BCUT2D eigenvalue weighted by Crippen LogP contribution is 2.35. The van der Waals surface area contributed by atoms with Crippen molar-refractivity contribution in [3.8, 4) is 0 Å². The van der Waals surface area contributed by atoms with Crippen LogP contribution < -0.4 is 4.72 Å². The lowest BCUT2D eigenvalue weighted by Crippen LogP contribution is -2.42. The zero-order chi connectivity index (χ0) is 16.2. The first kappa shape index (κ1) is 15.0. The van der Waals surface area contributed by atoms with E-state index in [1.54, 1.807) is 34.7 Å². The van der Waals surface area contributed by atoms with Gasteiger partial charge in [-0.05, 0) is 29.5 Å². The molecule has 0 saturated carbocycles. The number of benzene rings is 1. The first-order chi connectivity index (χ1) is 11.0. The van der Waals surface area contributed by atoms with Crippen molar-refractivity contribution in [1.82, 2.24) is 4.90 Å². The van der Waals surface area contributed by atoms with Crippen molar-refractivity contribution in [2.75, 3.05) is 4.72 Å². The van der Waals surface area contributed by atoms with E-state index in [0.29, 0.717) is 29.3 Å². The molecule has 1 aromatic rings. The largest absolute Gasteiger partial charge is 0.305 e. The van der Waals surface area contributed by atoms with Crippen LogP contribution in [0.2, 0.25) is 0 Å². The average molecular weight is 370 g/mol. The molecule has 4 rings (SSSR count). The zero-order valence-electron chi connectivity index (χ0n) is 11.8. The molecule has 0 aromatic heterocycles. The van der Waals surface area contributed by atoms with E-state index in [1.165, 1.54) is 11.8 Å². The molecule has 2 aliphatic heterocycles. The van der Waals surface area contributed by atoms with E-state index in [1.807, 2.05) is 0 Å². The quantitative estimate of drug-likeness (QED) is 0.653. The fourth-order valence-corrected chi connectivity index (χ4v) is 5.83. The Morgan fingerprint density at radius 3 is 3.00 bits per heavy atom. The molecule has 6 nitrogen and oxygen atoms in total. The first-order valence-corrected chi connectivity index (χ1v) is 9.83. The number of Topliss-reactive ketones (excluding diaryl/α,β-unsaturated/α-hetero) is 1. The number of ketones is 1. The Morgan fingerprint density at radius 2 is 2.17 bits per heavy atom. The average Bonchev–Trinajstić information content (AvgIpc) is 3.13. The predicted molar refractivity (Wildman–Crippen MR) is 91.1 cm³/mol. The second-order valence-corrected chi connectivity index (χ2v) is 8.52. The Balaban J connectivity index is 1.62. The molecule has 0 amide bonds. The van der Waals surface area contributed by atoms with Crippen LogP contribution in [0.4, 0.5) is 5.69 Å². The molecule has 0 bridgehead atoms. The molecule has 120 valence electrons. The maximum atomic E-state index is 12.7. The number of aryl methyl sites for hydroxylation is 1. The summed E-state index contributed by atoms with van der Waals surface area (Å²) in [5.41, 5.74) is 1.04. The number of alkyl halides is 1. The van der Waals surface area contributed by atoms with E-state index in [9.17, 15) is 13.2 Å². The topological polar surface area (TPSA) is 78.8 Å². The van der Waals surface area contributed by atoms with E-state index >= 15 is 0 Å². The molecule has 2 unspecified atom stereocenters. The van der Waals surface area contributed by atoms with Crippen LogP contribution in [-0.4, -0.2) is 35.1 Å². The molecular formula is C14H12ClN3O3S2. The monoisotopic (exact) mass is 369 g/mol. The smallest absolute Gasteiger partial charge is 0.257 e. The molecule has 1 N–H and O–H groups in total. The van der Waals surface area contributed by atoms with Gasteiger partial charge in [-0.2, -0.15) is 0 Å². The van der Waals surface area contributed by atoms with Crippen molar-refractivity contribution >= 4 is 50.0 Å². The summed E-state index contributed by atoms with van der Waals surface area (Å²) in [6.07, 6.45) is 2.84. The highest BCUT2D eigenvalue weighted by atomic mass is 35.5. The number of carbonyl (C=O) groups excluding carboxylic acids is 1. The van der Waals surface area contributed by atoms with Crippen molar-refractivity contribution in [2.45, 2.75) is 23.7 Å². The summed E-state index contributed by atoms with van der Waals surface area (Å²) in [4.78, 5) is 17.5. The number of aliphatic imine (C=N–C) groups is 1. The molecule has 2 heterocycles. The number of rotatable bonds is 3. The van der Waals surface area contributed by atoms with Crippen molar-refractivity contribution in [2.24, 2.45) is 4.99 Å². The number of sulfonamides is 1. The number of nitrogens with one attached hydrogen (secondary N) is 1. The Hall–Kier alpha value is -1.51. The summed E-state index contributed by atoms with van der Waals surface area (Å²) in [6.45, 7) is 0. The lowest BCUT2D eigenvalue weighted by atomic mass is 10.1. The number of hydrogen-bond acceptors (Lipinski definition) is 6. The minimum atomic E-state index is -3.80. The molecular weight excluding hydrogens is 358 g/mol. The maximum absolute atomic E-state index is 12.7. The van der Waals surface area contributed by atoms with Gasteiger partial charge in [-0.25, -0.2) is 13.4 Å². The summed E-state index contributed by atoms with van der Waals surface area (Å²) in [7, 11) is -3.80. The van der Waals surface area contributed by atoms with Gasteiger partial charge in [0.15, 0.2) is 21.8 Å². The predicted octanol–water partition coefficient (Wildman–Crippen LogP) is 2.34. The van der Waals surface area contributed by atoms with Gasteiger partial charge in [0.2, 0.25) is 0 Å². The van der Waals surface area contributed by atoms with Gasteiger partial charge in [0.25, 0.3) is 10.0 Å². The Bertz CT molecular complexity index is 866. The Morgan fingerprint density at radius 1 is 1.35 bits per heavy atom. The molecule has 0 radical (unpaired) electrons. The molecule has 3 aliphatic rings. The van der Waals surface area contributed by atoms with Gasteiger partial charge in [0.1, 0.15) is 0 Å². The standard InChI is InChI=1S/C14H12ClN3O3S2/c15-12-13(18-5-6-22-14(18)16-12)23(20,21)17-9-3-1-8-2-4-11(19)10(8)7-9/h1,3,5-7,12-13,17H,2,4H2. The Kier molecular flexibility index (Phi) is 3.44. The van der Waals surface area contributed by atoms with Crippen molar-refractivity contribution in [3.05, 3.63) is 40.9 Å². The summed E-state index contributed by atoms with van der Waals surface area (Å²) in [5.74, 6) is 0.0432. The molecule has 0 fully saturated rings. The number of anilines is 1. The highest BCUT2D eigenvalue weighted by Gasteiger charge is 2.45. The lowest BCUT2D eigenvalue weighted by molar-refractivity contribution is 0.0994. The second-order valence-electron chi connectivity index (χ2n) is 5.43. The highest BCUT2D eigenvalue weighted by molar-refractivity contribution is 8.16. The van der Waals surface area contributed by atoms with Crippen LogP contribution in [0.1, 0.15) is 22.3 Å². The van der Waals surface area contributed by atoms with Gasteiger partial charge < -0.3 is 4.90 Å². The molecule has 0 saturated heterocycles. The van der Waals surface area contributed by atoms with Gasteiger partial charge in [0, 0.05) is 23.9 Å². The van der Waals surface area contributed by atoms with Gasteiger partial charge in [-0.3, -0.25) is 9.52 Å². The first-order valence-electron chi connectivity index (χ1n) is 6.97. The van der Waals surface area contributed by atoms with E-state index in [0.717, 1.165) is 5.56 Å². The SMILES string of the molecule is O=C1CCc2ccc(NS(=O)(=O)C3C(Cl)N=C4SC=CN43)cc21. The van der Waals surface area contributed by atoms with Crippen LogP contribution in [-0.2, 0) is 16.4 Å². The van der Waals surface area contributed by atoms with Crippen LogP contribution in [0.15, 0.2) is 34.8 Å². The fraction of sp³-hybridized carbons (Fsp3) is 0.286. The number of hydrogen-bond donors (Lipinski definition) is 1. The van der Waals surface area contributed by atoms with Crippen LogP contribution in [0.5, 0.6) is 0 Å². The van der Waals surface area contributed by atoms with Crippen LogP contribution in [0.25, 0.3) is 0 Å². The van der Waals surface area contributed by atoms with Crippen LogP contribution in [0.3, 0.4) is 0 Å². The van der Waals surface area contributed by atoms with Gasteiger partial charge in [-0.1, -0.05) is 29.4 Å². The second kappa shape index (κ2) is 5.25. The van der Waals surface area contributed by atoms with Crippen LogP contribution >= 0.6 is 23.4 Å².